The van der Waals surface area contributed by atoms with Gasteiger partial charge < -0.3 is 10.2 Å². The van der Waals surface area contributed by atoms with Gasteiger partial charge in [0.1, 0.15) is 12.6 Å². The number of hydrogen-bond donors (Lipinski definition) is 1. The molecule has 2 aromatic rings. The molecule has 0 heterocycles. The molecule has 0 aliphatic heterocycles. The molecule has 0 aliphatic rings. The summed E-state index contributed by atoms with van der Waals surface area (Å²) in [6.45, 7) is 5.04. The number of hydrogen-bond acceptors (Lipinski definition) is 4. The Hall–Kier alpha value is -2.29. The highest BCUT2D eigenvalue weighted by Crippen LogP contribution is 2.30. The van der Waals surface area contributed by atoms with E-state index >= 15 is 0 Å². The minimum absolute atomic E-state index is 0.0635. The molecular formula is C23H29Cl2N3O4S. The van der Waals surface area contributed by atoms with E-state index in [1.807, 2.05) is 44.2 Å². The normalized spacial score (nSPS) is 13.2. The molecule has 2 amide bonds. The van der Waals surface area contributed by atoms with Crippen molar-refractivity contribution in [3.05, 3.63) is 64.1 Å². The van der Waals surface area contributed by atoms with E-state index in [1.54, 1.807) is 6.92 Å². The van der Waals surface area contributed by atoms with Gasteiger partial charge in [-0.25, -0.2) is 8.42 Å². The van der Waals surface area contributed by atoms with Crippen molar-refractivity contribution < 1.29 is 18.0 Å². The minimum Gasteiger partial charge on any atom is -0.352 e. The summed E-state index contributed by atoms with van der Waals surface area (Å²) in [4.78, 5) is 27.6. The van der Waals surface area contributed by atoms with Crippen LogP contribution in [-0.4, -0.2) is 50.0 Å². The van der Waals surface area contributed by atoms with Crippen molar-refractivity contribution in [3.8, 4) is 0 Å². The topological polar surface area (TPSA) is 86.8 Å². The third kappa shape index (κ3) is 7.62. The van der Waals surface area contributed by atoms with Crippen LogP contribution in [0.15, 0.2) is 48.5 Å². The molecule has 0 bridgehead atoms. The van der Waals surface area contributed by atoms with E-state index in [0.29, 0.717) is 0 Å². The lowest BCUT2D eigenvalue weighted by atomic mass is 10.1. The minimum atomic E-state index is -3.89. The van der Waals surface area contributed by atoms with Crippen molar-refractivity contribution in [1.82, 2.24) is 10.2 Å². The number of anilines is 1. The zero-order chi connectivity index (χ0) is 24.8. The SMILES string of the molecule is CC[C@@H](C)NC(=O)[C@@H](C)N(Cc1ccccc1)C(=O)CN(c1cc(Cl)ccc1Cl)S(C)(=O)=O. The van der Waals surface area contributed by atoms with E-state index in [0.717, 1.165) is 22.5 Å². The van der Waals surface area contributed by atoms with Crippen LogP contribution in [0.2, 0.25) is 10.0 Å². The highest BCUT2D eigenvalue weighted by atomic mass is 35.5. The van der Waals surface area contributed by atoms with Crippen molar-refractivity contribution in [2.75, 3.05) is 17.1 Å². The van der Waals surface area contributed by atoms with Gasteiger partial charge in [0.05, 0.1) is 17.0 Å². The lowest BCUT2D eigenvalue weighted by Crippen LogP contribution is -2.52. The molecule has 2 atom stereocenters. The first-order chi connectivity index (χ1) is 15.4. The van der Waals surface area contributed by atoms with Gasteiger partial charge in [-0.2, -0.15) is 0 Å². The molecule has 0 fully saturated rings. The van der Waals surface area contributed by atoms with Crippen LogP contribution in [0.1, 0.15) is 32.8 Å². The third-order valence-electron chi connectivity index (χ3n) is 5.22. The highest BCUT2D eigenvalue weighted by molar-refractivity contribution is 7.92. The number of carbonyl (C=O) groups excluding carboxylic acids is 2. The smallest absolute Gasteiger partial charge is 0.244 e. The number of carbonyl (C=O) groups is 2. The summed E-state index contributed by atoms with van der Waals surface area (Å²) < 4.78 is 26.1. The first-order valence-corrected chi connectivity index (χ1v) is 13.1. The number of sulfonamides is 1. The van der Waals surface area contributed by atoms with Gasteiger partial charge >= 0.3 is 0 Å². The summed E-state index contributed by atoms with van der Waals surface area (Å²) in [5.74, 6) is -0.868. The number of amides is 2. The molecule has 10 heteroatoms. The molecule has 2 rings (SSSR count). The average Bonchev–Trinajstić information content (AvgIpc) is 2.76. The lowest BCUT2D eigenvalue weighted by Gasteiger charge is -2.32. The Kier molecular flexibility index (Phi) is 9.57. The fourth-order valence-corrected chi connectivity index (χ4v) is 4.39. The van der Waals surface area contributed by atoms with Crippen molar-refractivity contribution >= 4 is 50.7 Å². The van der Waals surface area contributed by atoms with Gasteiger partial charge in [-0.1, -0.05) is 60.5 Å². The second-order valence-corrected chi connectivity index (χ2v) is 10.6. The van der Waals surface area contributed by atoms with Crippen molar-refractivity contribution in [2.45, 2.75) is 45.8 Å². The number of nitrogens with zero attached hydrogens (tertiary/aromatic N) is 2. The number of halogens is 2. The van der Waals surface area contributed by atoms with Crippen LogP contribution >= 0.6 is 23.2 Å². The highest BCUT2D eigenvalue weighted by Gasteiger charge is 2.31. The van der Waals surface area contributed by atoms with Crippen LogP contribution in [-0.2, 0) is 26.2 Å². The van der Waals surface area contributed by atoms with Crippen LogP contribution in [0.5, 0.6) is 0 Å². The second-order valence-electron chi connectivity index (χ2n) is 7.87. The maximum atomic E-state index is 13.4. The predicted molar refractivity (Wildman–Crippen MR) is 133 cm³/mol. The zero-order valence-electron chi connectivity index (χ0n) is 19.1. The number of rotatable bonds is 10. The third-order valence-corrected chi connectivity index (χ3v) is 6.90. The second kappa shape index (κ2) is 11.7. The van der Waals surface area contributed by atoms with Gasteiger partial charge in [0.2, 0.25) is 21.8 Å². The molecule has 1 N–H and O–H groups in total. The fraction of sp³-hybridized carbons (Fsp3) is 0.391. The molecule has 0 unspecified atom stereocenters. The molecule has 0 spiro atoms. The Morgan fingerprint density at radius 3 is 2.27 bits per heavy atom. The number of nitrogens with one attached hydrogen (secondary N) is 1. The quantitative estimate of drug-likeness (QED) is 0.518. The molecule has 33 heavy (non-hydrogen) atoms. The summed E-state index contributed by atoms with van der Waals surface area (Å²) in [5, 5.41) is 3.29. The van der Waals surface area contributed by atoms with Crippen LogP contribution < -0.4 is 9.62 Å². The maximum Gasteiger partial charge on any atom is 0.244 e. The Morgan fingerprint density at radius 1 is 1.06 bits per heavy atom. The van der Waals surface area contributed by atoms with E-state index in [4.69, 9.17) is 23.2 Å². The van der Waals surface area contributed by atoms with E-state index in [2.05, 4.69) is 5.32 Å². The Bertz CT molecular complexity index is 1080. The predicted octanol–water partition coefficient (Wildman–Crippen LogP) is 4.09. The van der Waals surface area contributed by atoms with Gasteiger partial charge in [-0.15, -0.1) is 0 Å². The van der Waals surface area contributed by atoms with E-state index < -0.39 is 28.5 Å². The van der Waals surface area contributed by atoms with Crippen molar-refractivity contribution in [2.24, 2.45) is 0 Å². The zero-order valence-corrected chi connectivity index (χ0v) is 21.4. The van der Waals surface area contributed by atoms with E-state index in [1.165, 1.54) is 23.1 Å². The summed E-state index contributed by atoms with van der Waals surface area (Å²) in [6.07, 6.45) is 1.72. The number of benzene rings is 2. The summed E-state index contributed by atoms with van der Waals surface area (Å²) in [5.41, 5.74) is 0.900. The van der Waals surface area contributed by atoms with Gasteiger partial charge in [0.25, 0.3) is 0 Å². The Morgan fingerprint density at radius 2 is 1.70 bits per heavy atom. The monoisotopic (exact) mass is 513 g/mol. The van der Waals surface area contributed by atoms with Crippen LogP contribution in [0.3, 0.4) is 0 Å². The van der Waals surface area contributed by atoms with Crippen molar-refractivity contribution in [3.63, 3.8) is 0 Å². The van der Waals surface area contributed by atoms with E-state index in [-0.39, 0.29) is 34.2 Å². The average molecular weight is 514 g/mol. The van der Waals surface area contributed by atoms with E-state index in [9.17, 15) is 18.0 Å². The fourth-order valence-electron chi connectivity index (χ4n) is 3.10. The van der Waals surface area contributed by atoms with Crippen LogP contribution in [0, 0.1) is 0 Å². The first-order valence-electron chi connectivity index (χ1n) is 10.5. The molecule has 0 saturated heterocycles. The molecule has 7 nitrogen and oxygen atoms in total. The molecule has 0 aromatic heterocycles. The van der Waals surface area contributed by atoms with Gasteiger partial charge in [0, 0.05) is 17.6 Å². The molecule has 0 aliphatic carbocycles. The maximum absolute atomic E-state index is 13.4. The summed E-state index contributed by atoms with van der Waals surface area (Å²) in [6, 6.07) is 12.7. The van der Waals surface area contributed by atoms with Crippen LogP contribution in [0.25, 0.3) is 0 Å². The molecule has 2 aromatic carbocycles. The molecule has 0 radical (unpaired) electrons. The van der Waals surface area contributed by atoms with Gasteiger partial charge in [-0.3, -0.25) is 13.9 Å². The molecule has 0 saturated carbocycles. The van der Waals surface area contributed by atoms with Gasteiger partial charge in [0.15, 0.2) is 0 Å². The summed E-state index contributed by atoms with van der Waals surface area (Å²) >= 11 is 12.3. The van der Waals surface area contributed by atoms with Gasteiger partial charge in [-0.05, 0) is 44.0 Å². The summed E-state index contributed by atoms with van der Waals surface area (Å²) in [7, 11) is -3.89. The standard InChI is InChI=1S/C23H29Cl2N3O4S/c1-5-16(2)26-23(30)17(3)27(14-18-9-7-6-8-10-18)22(29)15-28(33(4,31)32)21-13-19(24)11-12-20(21)25/h6-13,16-17H,5,14-15H2,1-4H3,(H,26,30)/t16-,17-/m1/s1. The lowest BCUT2D eigenvalue weighted by molar-refractivity contribution is -0.139. The Labute approximate surface area is 205 Å². The Balaban J connectivity index is 2.40. The van der Waals surface area contributed by atoms with Crippen molar-refractivity contribution in [1.29, 1.82) is 0 Å². The first kappa shape index (κ1) is 27.0. The molecular weight excluding hydrogens is 485 g/mol. The van der Waals surface area contributed by atoms with Crippen LogP contribution in [0.4, 0.5) is 5.69 Å². The largest absolute Gasteiger partial charge is 0.352 e. The molecule has 180 valence electrons.